The number of allylic oxidation sites excluding steroid dienone is 1. The van der Waals surface area contributed by atoms with Crippen molar-refractivity contribution in [1.29, 1.82) is 0 Å². The topological polar surface area (TPSA) is 3.24 Å². The fourth-order valence-corrected chi connectivity index (χ4v) is 2.44. The van der Waals surface area contributed by atoms with E-state index in [2.05, 4.69) is 84.6 Å². The van der Waals surface area contributed by atoms with Crippen molar-refractivity contribution < 1.29 is 0 Å². The highest BCUT2D eigenvalue weighted by Crippen LogP contribution is 2.10. The Labute approximate surface area is 128 Å². The summed E-state index contributed by atoms with van der Waals surface area (Å²) in [4.78, 5) is 2.52. The van der Waals surface area contributed by atoms with E-state index in [1.165, 1.54) is 11.1 Å². The summed E-state index contributed by atoms with van der Waals surface area (Å²) in [7, 11) is 0. The van der Waals surface area contributed by atoms with E-state index in [0.717, 1.165) is 32.5 Å². The average molecular weight is 279 g/mol. The molecule has 2 aromatic carbocycles. The molecule has 2 aromatic rings. The van der Waals surface area contributed by atoms with Gasteiger partial charge in [-0.1, -0.05) is 79.7 Å². The van der Waals surface area contributed by atoms with E-state index in [0.29, 0.717) is 0 Å². The van der Waals surface area contributed by atoms with Crippen molar-refractivity contribution in [3.63, 3.8) is 0 Å². The Balaban J connectivity index is 1.97. The average Bonchev–Trinajstić information content (AvgIpc) is 2.53. The summed E-state index contributed by atoms with van der Waals surface area (Å²) < 4.78 is 0. The monoisotopic (exact) mass is 279 g/mol. The van der Waals surface area contributed by atoms with Crippen LogP contribution in [0.4, 0.5) is 0 Å². The number of rotatable bonds is 8. The van der Waals surface area contributed by atoms with Gasteiger partial charge in [0.25, 0.3) is 0 Å². The molecule has 0 aliphatic carbocycles. The Morgan fingerprint density at radius 2 is 1.29 bits per heavy atom. The van der Waals surface area contributed by atoms with Crippen molar-refractivity contribution in [2.75, 3.05) is 6.54 Å². The van der Waals surface area contributed by atoms with Gasteiger partial charge in [0, 0.05) is 19.6 Å². The van der Waals surface area contributed by atoms with Gasteiger partial charge in [0.15, 0.2) is 0 Å². The molecule has 110 valence electrons. The van der Waals surface area contributed by atoms with Gasteiger partial charge in [-0.05, 0) is 24.0 Å². The van der Waals surface area contributed by atoms with Crippen LogP contribution in [-0.4, -0.2) is 11.4 Å². The first-order valence-electron chi connectivity index (χ1n) is 7.83. The molecule has 0 amide bonds. The molecule has 0 fully saturated rings. The van der Waals surface area contributed by atoms with Crippen LogP contribution in [0.5, 0.6) is 0 Å². The van der Waals surface area contributed by atoms with Gasteiger partial charge >= 0.3 is 0 Å². The molecule has 2 rings (SSSR count). The molecule has 0 aliphatic rings. The molecule has 21 heavy (non-hydrogen) atoms. The molecule has 1 nitrogen and oxygen atoms in total. The molecule has 0 heterocycles. The molecule has 0 bridgehead atoms. The van der Waals surface area contributed by atoms with Crippen molar-refractivity contribution in [2.24, 2.45) is 0 Å². The Hall–Kier alpha value is -1.86. The van der Waals surface area contributed by atoms with Crippen LogP contribution in [-0.2, 0) is 13.1 Å². The zero-order valence-electron chi connectivity index (χ0n) is 12.9. The molecule has 0 aliphatic heterocycles. The van der Waals surface area contributed by atoms with Crippen LogP contribution < -0.4 is 0 Å². The van der Waals surface area contributed by atoms with E-state index >= 15 is 0 Å². The third-order valence-corrected chi connectivity index (χ3v) is 3.51. The van der Waals surface area contributed by atoms with Crippen LogP contribution in [0.2, 0.25) is 0 Å². The van der Waals surface area contributed by atoms with Gasteiger partial charge < -0.3 is 0 Å². The van der Waals surface area contributed by atoms with E-state index in [9.17, 15) is 0 Å². The molecule has 0 unspecified atom stereocenters. The van der Waals surface area contributed by atoms with Gasteiger partial charge in [-0.3, -0.25) is 4.90 Å². The molecular formula is C20H25N. The van der Waals surface area contributed by atoms with Gasteiger partial charge in [0.2, 0.25) is 0 Å². The lowest BCUT2D eigenvalue weighted by atomic mass is 10.1. The summed E-state index contributed by atoms with van der Waals surface area (Å²) in [5, 5.41) is 0. The number of hydrogen-bond acceptors (Lipinski definition) is 1. The van der Waals surface area contributed by atoms with E-state index in [1.54, 1.807) is 0 Å². The normalized spacial score (nSPS) is 11.3. The highest BCUT2D eigenvalue weighted by Gasteiger charge is 2.06. The van der Waals surface area contributed by atoms with Crippen molar-refractivity contribution in [3.8, 4) is 0 Å². The van der Waals surface area contributed by atoms with Gasteiger partial charge in [0.05, 0.1) is 0 Å². The van der Waals surface area contributed by atoms with E-state index in [-0.39, 0.29) is 0 Å². The van der Waals surface area contributed by atoms with Crippen molar-refractivity contribution in [2.45, 2.75) is 32.9 Å². The summed E-state index contributed by atoms with van der Waals surface area (Å²) in [6, 6.07) is 21.5. The second-order valence-corrected chi connectivity index (χ2v) is 5.35. The zero-order valence-corrected chi connectivity index (χ0v) is 12.9. The van der Waals surface area contributed by atoms with Crippen LogP contribution in [0.3, 0.4) is 0 Å². The van der Waals surface area contributed by atoms with Gasteiger partial charge in [-0.2, -0.15) is 0 Å². The molecule has 0 atom stereocenters. The van der Waals surface area contributed by atoms with Crippen LogP contribution in [0, 0.1) is 0 Å². The van der Waals surface area contributed by atoms with Crippen LogP contribution in [0.15, 0.2) is 72.8 Å². The van der Waals surface area contributed by atoms with Gasteiger partial charge in [-0.25, -0.2) is 0 Å². The number of hydrogen-bond donors (Lipinski definition) is 0. The molecule has 0 aromatic heterocycles. The predicted octanol–water partition coefficient (Wildman–Crippen LogP) is 5.05. The smallest absolute Gasteiger partial charge is 0.0237 e. The SMILES string of the molecule is CC/C=C\CCN(Cc1ccccc1)Cc1ccccc1. The number of nitrogens with zero attached hydrogens (tertiary/aromatic N) is 1. The van der Waals surface area contributed by atoms with Crippen LogP contribution in [0.25, 0.3) is 0 Å². The maximum absolute atomic E-state index is 2.52. The quantitative estimate of drug-likeness (QED) is 0.611. The first-order chi connectivity index (χ1) is 10.4. The molecule has 0 spiro atoms. The van der Waals surface area contributed by atoms with Crippen LogP contribution in [0.1, 0.15) is 30.9 Å². The summed E-state index contributed by atoms with van der Waals surface area (Å²) in [5.74, 6) is 0. The maximum Gasteiger partial charge on any atom is 0.0237 e. The zero-order chi connectivity index (χ0) is 14.8. The number of benzene rings is 2. The van der Waals surface area contributed by atoms with Crippen molar-refractivity contribution in [3.05, 3.63) is 83.9 Å². The minimum Gasteiger partial charge on any atom is -0.295 e. The van der Waals surface area contributed by atoms with Gasteiger partial charge in [-0.15, -0.1) is 0 Å². The van der Waals surface area contributed by atoms with E-state index in [4.69, 9.17) is 0 Å². The fourth-order valence-electron chi connectivity index (χ4n) is 2.44. The van der Waals surface area contributed by atoms with Crippen molar-refractivity contribution in [1.82, 2.24) is 4.90 Å². The third-order valence-electron chi connectivity index (χ3n) is 3.51. The third kappa shape index (κ3) is 5.97. The molecule has 0 radical (unpaired) electrons. The van der Waals surface area contributed by atoms with Crippen molar-refractivity contribution >= 4 is 0 Å². The minimum atomic E-state index is 1.01. The molecule has 0 N–H and O–H groups in total. The lowest BCUT2D eigenvalue weighted by Gasteiger charge is -2.22. The van der Waals surface area contributed by atoms with Gasteiger partial charge in [0.1, 0.15) is 0 Å². The standard InChI is InChI=1S/C20H25N/c1-2-3-4-11-16-21(17-19-12-7-5-8-13-19)18-20-14-9-6-10-15-20/h3-10,12-15H,2,11,16-18H2,1H3/b4-3-. The first kappa shape index (κ1) is 15.5. The second kappa shape index (κ2) is 9.15. The highest BCUT2D eigenvalue weighted by molar-refractivity contribution is 5.17. The Bertz CT molecular complexity index is 475. The molecule has 0 saturated carbocycles. The lowest BCUT2D eigenvalue weighted by molar-refractivity contribution is 0.262. The Morgan fingerprint density at radius 1 is 0.762 bits per heavy atom. The molecule has 0 saturated heterocycles. The predicted molar refractivity (Wildman–Crippen MR) is 91.0 cm³/mol. The summed E-state index contributed by atoms with van der Waals surface area (Å²) in [5.41, 5.74) is 2.76. The fraction of sp³-hybridized carbons (Fsp3) is 0.300. The largest absolute Gasteiger partial charge is 0.295 e. The van der Waals surface area contributed by atoms with E-state index < -0.39 is 0 Å². The Kier molecular flexibility index (Phi) is 6.76. The summed E-state index contributed by atoms with van der Waals surface area (Å²) >= 11 is 0. The Morgan fingerprint density at radius 3 is 1.76 bits per heavy atom. The molecule has 1 heteroatoms. The highest BCUT2D eigenvalue weighted by atomic mass is 15.1. The summed E-state index contributed by atoms with van der Waals surface area (Å²) in [6.45, 7) is 5.30. The van der Waals surface area contributed by atoms with Crippen LogP contribution >= 0.6 is 0 Å². The molecular weight excluding hydrogens is 254 g/mol. The minimum absolute atomic E-state index is 1.01. The lowest BCUT2D eigenvalue weighted by Crippen LogP contribution is -2.23. The first-order valence-corrected chi connectivity index (χ1v) is 7.83. The maximum atomic E-state index is 2.52. The summed E-state index contributed by atoms with van der Waals surface area (Å²) in [6.07, 6.45) is 6.79. The second-order valence-electron chi connectivity index (χ2n) is 5.35. The van der Waals surface area contributed by atoms with E-state index in [1.807, 2.05) is 0 Å².